The molecule has 1 aliphatic rings. The Hall–Kier alpha value is -3.11. The summed E-state index contributed by atoms with van der Waals surface area (Å²) in [5.74, 6) is -1.11. The summed E-state index contributed by atoms with van der Waals surface area (Å²) in [6.45, 7) is 0.679. The molecule has 186 valence electrons. The number of ether oxygens (including phenoxy) is 2. The number of rotatable bonds is 9. The Morgan fingerprint density at radius 3 is 2.57 bits per heavy atom. The van der Waals surface area contributed by atoms with E-state index >= 15 is 0 Å². The lowest BCUT2D eigenvalue weighted by molar-refractivity contribution is 0.0977. The summed E-state index contributed by atoms with van der Waals surface area (Å²) >= 11 is 6.17. The van der Waals surface area contributed by atoms with E-state index < -0.39 is 27.3 Å². The van der Waals surface area contributed by atoms with Gasteiger partial charge in [-0.2, -0.15) is 5.10 Å². The van der Waals surface area contributed by atoms with Crippen molar-refractivity contribution in [3.63, 3.8) is 0 Å². The first-order chi connectivity index (χ1) is 16.7. The van der Waals surface area contributed by atoms with Gasteiger partial charge in [0.05, 0.1) is 28.3 Å². The van der Waals surface area contributed by atoms with Crippen LogP contribution in [0, 0.1) is 11.7 Å². The highest BCUT2D eigenvalue weighted by Gasteiger charge is 2.23. The molecule has 1 fully saturated rings. The van der Waals surface area contributed by atoms with Crippen LogP contribution in [0.3, 0.4) is 0 Å². The maximum Gasteiger partial charge on any atom is 0.268 e. The van der Waals surface area contributed by atoms with E-state index in [2.05, 4.69) is 5.10 Å². The molecule has 0 bridgehead atoms. The molecule has 2 aromatic carbocycles. The largest absolute Gasteiger partial charge is 0.492 e. The number of amides is 1. The molecule has 8 nitrogen and oxygen atoms in total. The van der Waals surface area contributed by atoms with E-state index in [0.717, 1.165) is 43.4 Å². The van der Waals surface area contributed by atoms with Crippen molar-refractivity contribution in [3.05, 3.63) is 70.8 Å². The summed E-state index contributed by atoms with van der Waals surface area (Å²) in [5, 5.41) is 4.07. The van der Waals surface area contributed by atoms with Crippen molar-refractivity contribution in [2.75, 3.05) is 6.61 Å². The Labute approximate surface area is 208 Å². The van der Waals surface area contributed by atoms with Crippen LogP contribution in [-0.4, -0.2) is 30.7 Å². The number of hydrogen-bond acceptors (Lipinski definition) is 6. The number of aryl methyl sites for hydroxylation is 1. The second kappa shape index (κ2) is 10.7. The smallest absolute Gasteiger partial charge is 0.268 e. The molecule has 0 spiro atoms. The quantitative estimate of drug-likeness (QED) is 0.445. The van der Waals surface area contributed by atoms with Gasteiger partial charge in [-0.25, -0.2) is 17.5 Å². The van der Waals surface area contributed by atoms with Gasteiger partial charge < -0.3 is 9.47 Å². The van der Waals surface area contributed by atoms with Crippen LogP contribution in [0.5, 0.6) is 11.5 Å². The molecule has 1 aliphatic carbocycles. The average molecular weight is 522 g/mol. The van der Waals surface area contributed by atoms with Crippen LogP contribution >= 0.6 is 11.6 Å². The number of carbonyl (C=O) groups is 1. The number of halogens is 2. The predicted octanol–water partition coefficient (Wildman–Crippen LogP) is 4.48. The number of nitrogens with one attached hydrogen (secondary N) is 1. The van der Waals surface area contributed by atoms with Crippen LogP contribution in [-0.2, 0) is 23.7 Å². The zero-order valence-corrected chi connectivity index (χ0v) is 20.6. The minimum atomic E-state index is -4.26. The highest BCUT2D eigenvalue weighted by Crippen LogP contribution is 2.31. The van der Waals surface area contributed by atoms with Crippen molar-refractivity contribution >= 4 is 27.5 Å². The zero-order chi connectivity index (χ0) is 25.0. The monoisotopic (exact) mass is 521 g/mol. The van der Waals surface area contributed by atoms with Crippen LogP contribution in [0.1, 0.15) is 41.6 Å². The molecule has 1 heterocycles. The number of aromatic nitrogens is 2. The third-order valence-electron chi connectivity index (χ3n) is 5.74. The molecule has 1 aromatic heterocycles. The van der Waals surface area contributed by atoms with Crippen LogP contribution in [0.15, 0.2) is 53.7 Å². The maximum atomic E-state index is 14.6. The van der Waals surface area contributed by atoms with Crippen molar-refractivity contribution in [3.8, 4) is 11.5 Å². The van der Waals surface area contributed by atoms with Crippen LogP contribution in [0.2, 0.25) is 5.02 Å². The van der Waals surface area contributed by atoms with Gasteiger partial charge in [0.25, 0.3) is 15.9 Å². The lowest BCUT2D eigenvalue weighted by Crippen LogP contribution is -2.31. The first-order valence-corrected chi connectivity index (χ1v) is 13.0. The first kappa shape index (κ1) is 25.0. The van der Waals surface area contributed by atoms with Crippen LogP contribution in [0.4, 0.5) is 4.39 Å². The molecule has 35 heavy (non-hydrogen) atoms. The summed E-state index contributed by atoms with van der Waals surface area (Å²) in [5.41, 5.74) is 0.357. The van der Waals surface area contributed by atoms with Gasteiger partial charge >= 0.3 is 0 Å². The Kier molecular flexibility index (Phi) is 7.61. The van der Waals surface area contributed by atoms with E-state index in [1.807, 2.05) is 4.72 Å². The molecule has 0 unspecified atom stereocenters. The lowest BCUT2D eigenvalue weighted by atomic mass is 10.1. The van der Waals surface area contributed by atoms with E-state index in [-0.39, 0.29) is 22.3 Å². The summed E-state index contributed by atoms with van der Waals surface area (Å²) < 4.78 is 54.7. The highest BCUT2D eigenvalue weighted by molar-refractivity contribution is 7.90. The molecule has 0 atom stereocenters. The van der Waals surface area contributed by atoms with Crippen molar-refractivity contribution in [1.82, 2.24) is 14.5 Å². The molecule has 1 N–H and O–H groups in total. The highest BCUT2D eigenvalue weighted by atomic mass is 35.5. The summed E-state index contributed by atoms with van der Waals surface area (Å²) in [6.07, 6.45) is 7.85. The van der Waals surface area contributed by atoms with E-state index in [0.29, 0.717) is 18.3 Å². The second-order valence-corrected chi connectivity index (χ2v) is 10.5. The van der Waals surface area contributed by atoms with Crippen molar-refractivity contribution in [2.24, 2.45) is 13.0 Å². The number of nitrogens with zero attached hydrogens (tertiary/aromatic N) is 2. The molecule has 11 heteroatoms. The van der Waals surface area contributed by atoms with Gasteiger partial charge in [-0.1, -0.05) is 24.4 Å². The maximum absolute atomic E-state index is 14.6. The Morgan fingerprint density at radius 1 is 1.20 bits per heavy atom. The van der Waals surface area contributed by atoms with E-state index in [1.54, 1.807) is 24.1 Å². The topological polar surface area (TPSA) is 99.5 Å². The number of hydrogen-bond donors (Lipinski definition) is 1. The van der Waals surface area contributed by atoms with Gasteiger partial charge in [0, 0.05) is 24.9 Å². The van der Waals surface area contributed by atoms with Crippen LogP contribution in [0.25, 0.3) is 0 Å². The van der Waals surface area contributed by atoms with Gasteiger partial charge in [0.1, 0.15) is 23.9 Å². The molecule has 0 saturated heterocycles. The van der Waals surface area contributed by atoms with Gasteiger partial charge in [-0.3, -0.25) is 9.48 Å². The van der Waals surface area contributed by atoms with Gasteiger partial charge in [0.2, 0.25) is 0 Å². The fraction of sp³-hybridized carbons (Fsp3) is 0.333. The standard InChI is InChI=1S/C24H25ClFN3O5S/c1-29-13-17(12-27-29)15-33-18-6-8-19(9-7-18)35(31,32)28-24(30)20-10-21(25)23(11-22(20)26)34-14-16-4-2-3-5-16/h6-13,16H,2-5,14-15H2,1H3,(H,28,30). The molecule has 1 saturated carbocycles. The van der Waals surface area contributed by atoms with E-state index in [4.69, 9.17) is 21.1 Å². The van der Waals surface area contributed by atoms with E-state index in [1.165, 1.54) is 24.3 Å². The number of carbonyl (C=O) groups excluding carboxylic acids is 1. The van der Waals surface area contributed by atoms with Gasteiger partial charge in [-0.05, 0) is 49.1 Å². The molecular formula is C24H25ClFN3O5S. The minimum absolute atomic E-state index is 0.0297. The third-order valence-corrected chi connectivity index (χ3v) is 7.38. The Bertz CT molecular complexity index is 1310. The Balaban J connectivity index is 1.39. The van der Waals surface area contributed by atoms with Crippen molar-refractivity contribution in [2.45, 2.75) is 37.2 Å². The fourth-order valence-corrected chi connectivity index (χ4v) is 5.05. The summed E-state index contributed by atoms with van der Waals surface area (Å²) in [4.78, 5) is 12.4. The normalized spacial score (nSPS) is 14.1. The molecular weight excluding hydrogens is 497 g/mol. The SMILES string of the molecule is Cn1cc(COc2ccc(S(=O)(=O)NC(=O)c3cc(Cl)c(OCC4CCCC4)cc3F)cc2)cn1. The minimum Gasteiger partial charge on any atom is -0.492 e. The molecule has 4 rings (SSSR count). The van der Waals surface area contributed by atoms with Crippen LogP contribution < -0.4 is 14.2 Å². The summed E-state index contributed by atoms with van der Waals surface area (Å²) in [7, 11) is -2.47. The van der Waals surface area contributed by atoms with Gasteiger partial charge in [-0.15, -0.1) is 0 Å². The predicted molar refractivity (Wildman–Crippen MR) is 127 cm³/mol. The van der Waals surface area contributed by atoms with Crippen molar-refractivity contribution < 1.29 is 27.1 Å². The molecule has 1 amide bonds. The molecule has 0 radical (unpaired) electrons. The first-order valence-electron chi connectivity index (χ1n) is 11.1. The number of sulfonamides is 1. The van der Waals surface area contributed by atoms with Gasteiger partial charge in [0.15, 0.2) is 0 Å². The summed E-state index contributed by atoms with van der Waals surface area (Å²) in [6, 6.07) is 7.58. The second-order valence-electron chi connectivity index (χ2n) is 8.44. The molecule has 0 aliphatic heterocycles. The average Bonchev–Trinajstić information content (AvgIpc) is 3.49. The van der Waals surface area contributed by atoms with E-state index in [9.17, 15) is 17.6 Å². The lowest BCUT2D eigenvalue weighted by Gasteiger charge is -2.14. The number of benzene rings is 2. The Morgan fingerprint density at radius 2 is 1.91 bits per heavy atom. The fourth-order valence-electron chi connectivity index (χ4n) is 3.86. The van der Waals surface area contributed by atoms with Crippen molar-refractivity contribution in [1.29, 1.82) is 0 Å². The molecule has 3 aromatic rings. The third kappa shape index (κ3) is 6.32. The zero-order valence-electron chi connectivity index (χ0n) is 19.0.